The van der Waals surface area contributed by atoms with E-state index in [1.54, 1.807) is 7.05 Å². The van der Waals surface area contributed by atoms with Crippen LogP contribution in [0.2, 0.25) is 0 Å². The highest BCUT2D eigenvalue weighted by molar-refractivity contribution is 7.79. The molecule has 22 heavy (non-hydrogen) atoms. The van der Waals surface area contributed by atoms with Crippen molar-refractivity contribution >= 4 is 13.1 Å². The first-order valence-corrected chi connectivity index (χ1v) is 11.1. The van der Waals surface area contributed by atoms with Crippen molar-refractivity contribution in [3.05, 3.63) is 30.1 Å². The number of rotatable bonds is 8. The van der Waals surface area contributed by atoms with Crippen molar-refractivity contribution < 1.29 is 0 Å². The maximum Gasteiger partial charge on any atom is 0.0838 e. The van der Waals surface area contributed by atoms with Crippen LogP contribution in [0.3, 0.4) is 0 Å². The Balaban J connectivity index is 6.09. The molecule has 3 atom stereocenters. The van der Waals surface area contributed by atoms with E-state index >= 15 is 0 Å². The number of allylic oxidation sites excluding steroid dienone is 3. The standard InChI is InChI=1S/C20H37NP/c1-12-18(14-21-9)16(5)19(22(10,11)15(3)4)17(6)20(7,8)13-2/h12,16-17,19H,1,3,13H2,2,4-11H3/q+1. The van der Waals surface area contributed by atoms with Gasteiger partial charge in [0, 0.05) is 25.8 Å². The molecule has 0 aliphatic carbocycles. The van der Waals surface area contributed by atoms with Crippen molar-refractivity contribution in [2.45, 2.75) is 53.6 Å². The molecule has 0 fully saturated rings. The van der Waals surface area contributed by atoms with E-state index < -0.39 is 7.26 Å². The van der Waals surface area contributed by atoms with Crippen LogP contribution in [-0.4, -0.2) is 31.9 Å². The molecule has 0 saturated heterocycles. The molecule has 0 aromatic heterocycles. The first-order chi connectivity index (χ1) is 9.97. The maximum absolute atomic E-state index is 4.32. The Morgan fingerprint density at radius 1 is 1.32 bits per heavy atom. The molecule has 0 aromatic rings. The summed E-state index contributed by atoms with van der Waals surface area (Å²) in [4.78, 5) is 4.11. The number of hydrogen-bond acceptors (Lipinski definition) is 1. The van der Waals surface area contributed by atoms with Crippen molar-refractivity contribution in [3.8, 4) is 0 Å². The SMILES string of the molecule is C=CC(=C=NC)C(C)C(C(C)C(C)(C)CC)[P+](C)(C)C(=C)C. The Morgan fingerprint density at radius 2 is 1.82 bits per heavy atom. The van der Waals surface area contributed by atoms with Gasteiger partial charge in [-0.25, -0.2) is 4.99 Å². The zero-order valence-corrected chi connectivity index (χ0v) is 17.2. The molecule has 2 heteroatoms. The van der Waals surface area contributed by atoms with Gasteiger partial charge in [0.15, 0.2) is 0 Å². The van der Waals surface area contributed by atoms with Crippen molar-refractivity contribution in [1.82, 2.24) is 0 Å². The van der Waals surface area contributed by atoms with Gasteiger partial charge in [0.05, 0.1) is 24.3 Å². The predicted octanol–water partition coefficient (Wildman–Crippen LogP) is 6.29. The lowest BCUT2D eigenvalue weighted by molar-refractivity contribution is 0.199. The second kappa shape index (κ2) is 8.28. The van der Waals surface area contributed by atoms with Gasteiger partial charge in [0.2, 0.25) is 0 Å². The fourth-order valence-electron chi connectivity index (χ4n) is 3.24. The summed E-state index contributed by atoms with van der Waals surface area (Å²) in [6, 6.07) is 0. The molecular formula is C20H37NP+. The van der Waals surface area contributed by atoms with Gasteiger partial charge >= 0.3 is 0 Å². The summed E-state index contributed by atoms with van der Waals surface area (Å²) < 4.78 is 0. The van der Waals surface area contributed by atoms with Crippen LogP contribution in [0.1, 0.15) is 48.0 Å². The topological polar surface area (TPSA) is 12.4 Å². The Hall–Kier alpha value is -0.640. The lowest BCUT2D eigenvalue weighted by atomic mass is 9.72. The van der Waals surface area contributed by atoms with Gasteiger partial charge in [-0.3, -0.25) is 0 Å². The number of nitrogens with zero attached hydrogens (tertiary/aromatic N) is 1. The second-order valence-corrected chi connectivity index (χ2v) is 12.1. The fourth-order valence-corrected chi connectivity index (χ4v) is 6.55. The Kier molecular flexibility index (Phi) is 8.04. The molecule has 0 aliphatic rings. The molecule has 0 rings (SSSR count). The van der Waals surface area contributed by atoms with E-state index in [1.807, 2.05) is 6.08 Å². The quantitative estimate of drug-likeness (QED) is 0.283. The van der Waals surface area contributed by atoms with Crippen LogP contribution in [0.5, 0.6) is 0 Å². The molecule has 0 spiro atoms. The molecule has 0 aromatic carbocycles. The summed E-state index contributed by atoms with van der Waals surface area (Å²) in [5.41, 5.74) is 2.00. The molecule has 0 heterocycles. The minimum absolute atomic E-state index is 0.307. The van der Waals surface area contributed by atoms with E-state index in [4.69, 9.17) is 0 Å². The predicted molar refractivity (Wildman–Crippen MR) is 107 cm³/mol. The molecule has 3 unspecified atom stereocenters. The molecule has 0 saturated carbocycles. The minimum Gasteiger partial charge on any atom is -0.246 e. The molecule has 1 nitrogen and oxygen atoms in total. The summed E-state index contributed by atoms with van der Waals surface area (Å²) in [6.45, 7) is 27.2. The first kappa shape index (κ1) is 21.4. The fraction of sp³-hybridized carbons (Fsp3) is 0.700. The summed E-state index contributed by atoms with van der Waals surface area (Å²) in [5, 5.41) is 1.35. The Bertz CT molecular complexity index is 464. The summed E-state index contributed by atoms with van der Waals surface area (Å²) in [5.74, 6) is 4.15. The largest absolute Gasteiger partial charge is 0.246 e. The van der Waals surface area contributed by atoms with Gasteiger partial charge in [-0.05, 0) is 24.1 Å². The van der Waals surface area contributed by atoms with E-state index in [9.17, 15) is 0 Å². The molecular weight excluding hydrogens is 285 g/mol. The Labute approximate surface area is 140 Å². The average molecular weight is 322 g/mol. The molecule has 0 radical (unpaired) electrons. The monoisotopic (exact) mass is 322 g/mol. The van der Waals surface area contributed by atoms with Gasteiger partial charge in [0.1, 0.15) is 0 Å². The third kappa shape index (κ3) is 4.68. The van der Waals surface area contributed by atoms with Crippen LogP contribution in [0.15, 0.2) is 35.1 Å². The molecule has 0 aliphatic heterocycles. The van der Waals surface area contributed by atoms with Crippen molar-refractivity contribution in [2.75, 3.05) is 20.4 Å². The molecule has 0 bridgehead atoms. The van der Waals surface area contributed by atoms with Gasteiger partial charge < -0.3 is 0 Å². The van der Waals surface area contributed by atoms with Crippen LogP contribution in [0.4, 0.5) is 0 Å². The van der Waals surface area contributed by atoms with Crippen LogP contribution < -0.4 is 0 Å². The normalized spacial score (nSPS) is 16.2. The maximum atomic E-state index is 4.32. The first-order valence-electron chi connectivity index (χ1n) is 8.31. The van der Waals surface area contributed by atoms with Gasteiger partial charge in [0.25, 0.3) is 0 Å². The molecule has 0 N–H and O–H groups in total. The zero-order valence-electron chi connectivity index (χ0n) is 16.3. The van der Waals surface area contributed by atoms with E-state index in [0.717, 1.165) is 5.57 Å². The Morgan fingerprint density at radius 3 is 2.14 bits per heavy atom. The van der Waals surface area contributed by atoms with Crippen LogP contribution in [0, 0.1) is 17.3 Å². The highest BCUT2D eigenvalue weighted by atomic mass is 31.2. The van der Waals surface area contributed by atoms with Crippen LogP contribution in [0.25, 0.3) is 0 Å². The summed E-state index contributed by atoms with van der Waals surface area (Å²) in [6.07, 6.45) is 3.11. The smallest absolute Gasteiger partial charge is 0.0838 e. The van der Waals surface area contributed by atoms with E-state index in [2.05, 4.69) is 78.9 Å². The van der Waals surface area contributed by atoms with Gasteiger partial charge in [-0.15, -0.1) is 0 Å². The van der Waals surface area contributed by atoms with Crippen LogP contribution in [-0.2, 0) is 0 Å². The highest BCUT2D eigenvalue weighted by Crippen LogP contribution is 2.68. The lowest BCUT2D eigenvalue weighted by Crippen LogP contribution is -2.38. The third-order valence-corrected chi connectivity index (χ3v) is 10.2. The lowest BCUT2D eigenvalue weighted by Gasteiger charge is -2.43. The third-order valence-electron chi connectivity index (χ3n) is 5.85. The second-order valence-electron chi connectivity index (χ2n) is 7.68. The highest BCUT2D eigenvalue weighted by Gasteiger charge is 2.49. The van der Waals surface area contributed by atoms with E-state index in [-0.39, 0.29) is 0 Å². The summed E-state index contributed by atoms with van der Waals surface area (Å²) >= 11 is 0. The average Bonchev–Trinajstić information content (AvgIpc) is 2.43. The molecule has 0 amide bonds. The zero-order chi connectivity index (χ0) is 17.7. The van der Waals surface area contributed by atoms with Crippen LogP contribution >= 0.6 is 7.26 Å². The van der Waals surface area contributed by atoms with Gasteiger partial charge in [-0.1, -0.05) is 60.3 Å². The van der Waals surface area contributed by atoms with Crippen molar-refractivity contribution in [1.29, 1.82) is 0 Å². The van der Waals surface area contributed by atoms with Gasteiger partial charge in [-0.2, -0.15) is 0 Å². The van der Waals surface area contributed by atoms with E-state index in [1.165, 1.54) is 11.7 Å². The molecule has 126 valence electrons. The van der Waals surface area contributed by atoms with Crippen molar-refractivity contribution in [2.24, 2.45) is 22.2 Å². The van der Waals surface area contributed by atoms with Crippen molar-refractivity contribution in [3.63, 3.8) is 0 Å². The van der Waals surface area contributed by atoms with E-state index in [0.29, 0.717) is 22.9 Å². The number of aliphatic imine (C=N–C) groups is 1. The summed E-state index contributed by atoms with van der Waals surface area (Å²) in [7, 11) is 0.499. The number of hydrogen-bond donors (Lipinski definition) is 0. The minimum atomic E-state index is -1.28.